The minimum atomic E-state index is -0.485. The lowest BCUT2D eigenvalue weighted by Gasteiger charge is -2.37. The molecule has 0 radical (unpaired) electrons. The highest BCUT2D eigenvalue weighted by atomic mass is 35.5. The van der Waals surface area contributed by atoms with Gasteiger partial charge in [-0.05, 0) is 43.5 Å². The van der Waals surface area contributed by atoms with E-state index in [0.717, 1.165) is 37.9 Å². The molecule has 2 heterocycles. The Kier molecular flexibility index (Phi) is 7.04. The summed E-state index contributed by atoms with van der Waals surface area (Å²) >= 11 is 0. The fraction of sp³-hybridized carbons (Fsp3) is 0.611. The van der Waals surface area contributed by atoms with Crippen molar-refractivity contribution in [3.63, 3.8) is 0 Å². The Balaban J connectivity index is 0.00000208. The fourth-order valence-corrected chi connectivity index (χ4v) is 3.61. The van der Waals surface area contributed by atoms with Gasteiger partial charge in [0, 0.05) is 19.1 Å². The summed E-state index contributed by atoms with van der Waals surface area (Å²) in [5, 5.41) is 6.49. The van der Waals surface area contributed by atoms with Gasteiger partial charge in [0.2, 0.25) is 0 Å². The molecule has 1 atom stereocenters. The number of nitrogens with one attached hydrogen (secondary N) is 2. The number of hydrogen-bond acceptors (Lipinski definition) is 4. The molecule has 5 nitrogen and oxygen atoms in total. The average Bonchev–Trinajstić information content (AvgIpc) is 2.60. The van der Waals surface area contributed by atoms with Gasteiger partial charge in [0.15, 0.2) is 6.10 Å². The molecule has 1 saturated heterocycles. The van der Waals surface area contributed by atoms with E-state index in [1.807, 2.05) is 18.2 Å². The van der Waals surface area contributed by atoms with Crippen molar-refractivity contribution in [1.29, 1.82) is 0 Å². The van der Waals surface area contributed by atoms with Crippen LogP contribution in [0.25, 0.3) is 0 Å². The Bertz CT molecular complexity index is 541. The first kappa shape index (κ1) is 19.2. The quantitative estimate of drug-likeness (QED) is 0.847. The van der Waals surface area contributed by atoms with Crippen LogP contribution in [0.5, 0.6) is 0 Å². The van der Waals surface area contributed by atoms with Gasteiger partial charge in [-0.15, -0.1) is 12.4 Å². The van der Waals surface area contributed by atoms with Gasteiger partial charge in [0.1, 0.15) is 0 Å². The minimum absolute atomic E-state index is 0. The van der Waals surface area contributed by atoms with E-state index in [4.69, 9.17) is 9.47 Å². The molecule has 6 heteroatoms. The van der Waals surface area contributed by atoms with Crippen molar-refractivity contribution < 1.29 is 14.3 Å². The number of piperidine rings is 1. The number of halogens is 1. The van der Waals surface area contributed by atoms with Gasteiger partial charge in [0.25, 0.3) is 5.91 Å². The molecule has 1 aromatic rings. The third-order valence-electron chi connectivity index (χ3n) is 4.98. The summed E-state index contributed by atoms with van der Waals surface area (Å²) in [6, 6.07) is 8.06. The second-order valence-electron chi connectivity index (χ2n) is 6.60. The molecule has 0 aromatic heterocycles. The zero-order valence-electron chi connectivity index (χ0n) is 14.2. The van der Waals surface area contributed by atoms with Crippen LogP contribution in [-0.2, 0) is 20.7 Å². The third-order valence-corrected chi connectivity index (χ3v) is 4.98. The number of ether oxygens (including phenoxy) is 2. The number of methoxy groups -OCH3 is 1. The van der Waals surface area contributed by atoms with Gasteiger partial charge in [-0.25, -0.2) is 0 Å². The van der Waals surface area contributed by atoms with E-state index < -0.39 is 6.10 Å². The van der Waals surface area contributed by atoms with Crippen molar-refractivity contribution in [2.75, 3.05) is 40.0 Å². The topological polar surface area (TPSA) is 59.6 Å². The van der Waals surface area contributed by atoms with Crippen molar-refractivity contribution in [2.45, 2.75) is 25.4 Å². The lowest BCUT2D eigenvalue weighted by molar-refractivity contribution is -0.135. The maximum Gasteiger partial charge on any atom is 0.253 e. The minimum Gasteiger partial charge on any atom is -0.384 e. The van der Waals surface area contributed by atoms with E-state index in [0.29, 0.717) is 19.8 Å². The van der Waals surface area contributed by atoms with Crippen molar-refractivity contribution in [3.05, 3.63) is 35.4 Å². The van der Waals surface area contributed by atoms with Gasteiger partial charge >= 0.3 is 0 Å². The van der Waals surface area contributed by atoms with Crippen LogP contribution in [0, 0.1) is 5.41 Å². The average molecular weight is 355 g/mol. The second-order valence-corrected chi connectivity index (χ2v) is 6.60. The van der Waals surface area contributed by atoms with Crippen LogP contribution in [0.15, 0.2) is 24.3 Å². The van der Waals surface area contributed by atoms with Crippen LogP contribution < -0.4 is 10.6 Å². The van der Waals surface area contributed by atoms with Gasteiger partial charge in [-0.1, -0.05) is 24.3 Å². The number of rotatable bonds is 5. The molecule has 0 aliphatic carbocycles. The van der Waals surface area contributed by atoms with Gasteiger partial charge in [0.05, 0.1) is 13.2 Å². The van der Waals surface area contributed by atoms with E-state index in [9.17, 15) is 4.79 Å². The molecular weight excluding hydrogens is 328 g/mol. The predicted octanol–water partition coefficient (Wildman–Crippen LogP) is 1.85. The molecule has 0 saturated carbocycles. The highest BCUT2D eigenvalue weighted by Crippen LogP contribution is 2.30. The summed E-state index contributed by atoms with van der Waals surface area (Å²) in [7, 11) is 1.73. The molecule has 0 bridgehead atoms. The Labute approximate surface area is 149 Å². The summed E-state index contributed by atoms with van der Waals surface area (Å²) in [6.45, 7) is 3.87. The van der Waals surface area contributed by atoms with Gasteiger partial charge < -0.3 is 20.1 Å². The number of carbonyl (C=O) groups excluding carboxylic acids is 1. The molecule has 2 N–H and O–H groups in total. The molecule has 1 amide bonds. The van der Waals surface area contributed by atoms with Crippen LogP contribution in [0.4, 0.5) is 0 Å². The molecule has 1 aromatic carbocycles. The van der Waals surface area contributed by atoms with Crippen molar-refractivity contribution in [1.82, 2.24) is 10.6 Å². The SMILES string of the molecule is COCC1(CNC(=O)C2OCCc3ccccc32)CCNCC1.Cl. The molecular formula is C18H27ClN2O3. The van der Waals surface area contributed by atoms with Crippen LogP contribution >= 0.6 is 12.4 Å². The highest BCUT2D eigenvalue weighted by molar-refractivity contribution is 5.85. The number of fused-ring (bicyclic) bond motifs is 1. The largest absolute Gasteiger partial charge is 0.384 e. The van der Waals surface area contributed by atoms with Crippen LogP contribution in [0.2, 0.25) is 0 Å². The Morgan fingerprint density at radius 1 is 1.38 bits per heavy atom. The van der Waals surface area contributed by atoms with Crippen molar-refractivity contribution in [2.24, 2.45) is 5.41 Å². The van der Waals surface area contributed by atoms with Crippen molar-refractivity contribution in [3.8, 4) is 0 Å². The Morgan fingerprint density at radius 2 is 2.12 bits per heavy atom. The number of benzene rings is 1. The van der Waals surface area contributed by atoms with Crippen molar-refractivity contribution >= 4 is 18.3 Å². The van der Waals surface area contributed by atoms with Crippen LogP contribution in [-0.4, -0.2) is 45.9 Å². The second kappa shape index (κ2) is 8.81. The maximum atomic E-state index is 12.7. The van der Waals surface area contributed by atoms with Gasteiger partial charge in [-0.2, -0.15) is 0 Å². The summed E-state index contributed by atoms with van der Waals surface area (Å²) < 4.78 is 11.2. The highest BCUT2D eigenvalue weighted by Gasteiger charge is 2.34. The number of hydrogen-bond donors (Lipinski definition) is 2. The summed E-state index contributed by atoms with van der Waals surface area (Å²) in [5.41, 5.74) is 2.25. The monoisotopic (exact) mass is 354 g/mol. The molecule has 1 fully saturated rings. The summed E-state index contributed by atoms with van der Waals surface area (Å²) in [4.78, 5) is 12.7. The molecule has 3 rings (SSSR count). The van der Waals surface area contributed by atoms with E-state index in [-0.39, 0.29) is 23.7 Å². The molecule has 24 heavy (non-hydrogen) atoms. The molecule has 1 unspecified atom stereocenters. The molecule has 2 aliphatic rings. The lowest BCUT2D eigenvalue weighted by atomic mass is 9.79. The Morgan fingerprint density at radius 3 is 2.88 bits per heavy atom. The summed E-state index contributed by atoms with van der Waals surface area (Å²) in [5.74, 6) is -0.0360. The number of carbonyl (C=O) groups is 1. The Hall–Kier alpha value is -1.14. The van der Waals surface area contributed by atoms with E-state index in [2.05, 4.69) is 16.7 Å². The third kappa shape index (κ3) is 4.28. The van der Waals surface area contributed by atoms with Crippen LogP contribution in [0.3, 0.4) is 0 Å². The molecule has 2 aliphatic heterocycles. The fourth-order valence-electron chi connectivity index (χ4n) is 3.61. The molecule has 134 valence electrons. The van der Waals surface area contributed by atoms with E-state index >= 15 is 0 Å². The standard InChI is InChI=1S/C18H26N2O3.ClH/c1-22-13-18(7-9-19-10-8-18)12-20-17(21)16-15-5-3-2-4-14(15)6-11-23-16;/h2-5,16,19H,6-13H2,1H3,(H,20,21);1H. The zero-order chi connectivity index (χ0) is 16.1. The lowest BCUT2D eigenvalue weighted by Crippen LogP contribution is -2.48. The first-order chi connectivity index (χ1) is 11.2. The first-order valence-electron chi connectivity index (χ1n) is 8.41. The predicted molar refractivity (Wildman–Crippen MR) is 95.5 cm³/mol. The smallest absolute Gasteiger partial charge is 0.253 e. The first-order valence-corrected chi connectivity index (χ1v) is 8.41. The summed E-state index contributed by atoms with van der Waals surface area (Å²) in [6.07, 6.45) is 2.42. The van der Waals surface area contributed by atoms with Crippen LogP contribution in [0.1, 0.15) is 30.1 Å². The van der Waals surface area contributed by atoms with E-state index in [1.165, 1.54) is 5.56 Å². The van der Waals surface area contributed by atoms with E-state index in [1.54, 1.807) is 7.11 Å². The van der Waals surface area contributed by atoms with Gasteiger partial charge in [-0.3, -0.25) is 4.79 Å². The maximum absolute atomic E-state index is 12.7. The zero-order valence-corrected chi connectivity index (χ0v) is 15.0. The normalized spacial score (nSPS) is 22.1. The number of amides is 1. The molecule has 0 spiro atoms.